The van der Waals surface area contributed by atoms with Gasteiger partial charge in [-0.05, 0) is 43.0 Å². The Hall–Kier alpha value is -2.51. The molecule has 0 radical (unpaired) electrons. The molecule has 9 heteroatoms. The molecule has 2 aromatic carbocycles. The normalized spacial score (nSPS) is 16.5. The lowest BCUT2D eigenvalue weighted by atomic mass is 9.97. The van der Waals surface area contributed by atoms with Crippen LogP contribution in [0.15, 0.2) is 30.3 Å². The Morgan fingerprint density at radius 3 is 2.70 bits per heavy atom. The molecule has 1 fully saturated rings. The van der Waals surface area contributed by atoms with E-state index in [1.807, 2.05) is 0 Å². The fraction of sp³-hybridized carbons (Fsp3) is 0.333. The Morgan fingerprint density at radius 2 is 1.97 bits per heavy atom. The lowest BCUT2D eigenvalue weighted by molar-refractivity contribution is -0.118. The van der Waals surface area contributed by atoms with Crippen LogP contribution < -0.4 is 14.8 Å². The molecule has 1 saturated heterocycles. The van der Waals surface area contributed by atoms with Gasteiger partial charge in [0.2, 0.25) is 0 Å². The van der Waals surface area contributed by atoms with E-state index in [2.05, 4.69) is 5.32 Å². The number of nitrogens with one attached hydrogen (secondary N) is 1. The summed E-state index contributed by atoms with van der Waals surface area (Å²) < 4.78 is 24.2. The molecule has 0 aliphatic carbocycles. The number of amides is 2. The third kappa shape index (κ3) is 4.47. The minimum Gasteiger partial charge on any atom is -0.492 e. The van der Waals surface area contributed by atoms with Crippen molar-refractivity contribution in [2.45, 2.75) is 12.8 Å². The zero-order chi connectivity index (χ0) is 21.3. The van der Waals surface area contributed by atoms with Crippen molar-refractivity contribution in [3.05, 3.63) is 51.8 Å². The number of hydrogen-bond acceptors (Lipinski definition) is 4. The van der Waals surface area contributed by atoms with E-state index in [4.69, 9.17) is 32.7 Å². The van der Waals surface area contributed by atoms with Crippen molar-refractivity contribution in [3.63, 3.8) is 0 Å². The number of carbonyl (C=O) groups is 2. The summed E-state index contributed by atoms with van der Waals surface area (Å²) in [4.78, 5) is 26.2. The van der Waals surface area contributed by atoms with Crippen molar-refractivity contribution in [2.24, 2.45) is 5.92 Å². The van der Waals surface area contributed by atoms with Gasteiger partial charge in [-0.1, -0.05) is 23.2 Å². The van der Waals surface area contributed by atoms with Crippen LogP contribution in [0, 0.1) is 11.7 Å². The van der Waals surface area contributed by atoms with Crippen LogP contribution in [0.3, 0.4) is 0 Å². The predicted octanol–water partition coefficient (Wildman–Crippen LogP) is 4.39. The first-order valence-corrected chi connectivity index (χ1v) is 10.3. The van der Waals surface area contributed by atoms with Crippen molar-refractivity contribution in [1.29, 1.82) is 0 Å². The van der Waals surface area contributed by atoms with E-state index >= 15 is 0 Å². The topological polar surface area (TPSA) is 67.9 Å². The number of hydrogen-bond donors (Lipinski definition) is 1. The summed E-state index contributed by atoms with van der Waals surface area (Å²) in [5, 5.41) is 3.21. The number of halogens is 3. The Bertz CT molecular complexity index is 993. The summed E-state index contributed by atoms with van der Waals surface area (Å²) in [6.07, 6.45) is 1.51. The van der Waals surface area contributed by atoms with Gasteiger partial charge in [-0.3, -0.25) is 9.59 Å². The number of nitrogens with zero attached hydrogens (tertiary/aromatic N) is 1. The van der Waals surface area contributed by atoms with Gasteiger partial charge in [-0.2, -0.15) is 0 Å². The number of rotatable bonds is 4. The molecule has 0 unspecified atom stereocenters. The van der Waals surface area contributed by atoms with Gasteiger partial charge < -0.3 is 19.7 Å². The second kappa shape index (κ2) is 8.70. The van der Waals surface area contributed by atoms with Crippen molar-refractivity contribution in [1.82, 2.24) is 4.90 Å². The highest BCUT2D eigenvalue weighted by Crippen LogP contribution is 2.34. The molecule has 2 aromatic rings. The van der Waals surface area contributed by atoms with Crippen LogP contribution in [0.25, 0.3) is 0 Å². The fourth-order valence-electron chi connectivity index (χ4n) is 3.54. The number of anilines is 1. The molecule has 0 aromatic heterocycles. The van der Waals surface area contributed by atoms with E-state index in [0.29, 0.717) is 42.4 Å². The van der Waals surface area contributed by atoms with Gasteiger partial charge in [0.05, 0.1) is 27.9 Å². The van der Waals surface area contributed by atoms with Gasteiger partial charge in [0, 0.05) is 19.2 Å². The van der Waals surface area contributed by atoms with Crippen LogP contribution in [0.5, 0.6) is 11.5 Å². The molecule has 0 saturated carbocycles. The van der Waals surface area contributed by atoms with Crippen LogP contribution in [-0.4, -0.2) is 43.0 Å². The molecule has 0 bridgehead atoms. The van der Waals surface area contributed by atoms with Crippen LogP contribution >= 0.6 is 23.2 Å². The first kappa shape index (κ1) is 20.8. The summed E-state index contributed by atoms with van der Waals surface area (Å²) in [6, 6.07) is 7.14. The van der Waals surface area contributed by atoms with Crippen LogP contribution in [0.1, 0.15) is 23.2 Å². The second-order valence-corrected chi connectivity index (χ2v) is 8.10. The first-order chi connectivity index (χ1) is 14.4. The molecular weight excluding hydrogens is 434 g/mol. The van der Waals surface area contributed by atoms with E-state index in [0.717, 1.165) is 12.8 Å². The van der Waals surface area contributed by atoms with Crippen molar-refractivity contribution in [2.75, 3.05) is 31.6 Å². The predicted molar refractivity (Wildman–Crippen MR) is 111 cm³/mol. The summed E-state index contributed by atoms with van der Waals surface area (Å²) in [5.74, 6) is 0.273. The van der Waals surface area contributed by atoms with Gasteiger partial charge in [0.1, 0.15) is 17.3 Å². The Morgan fingerprint density at radius 1 is 1.20 bits per heavy atom. The van der Waals surface area contributed by atoms with Crippen molar-refractivity contribution < 1.29 is 23.5 Å². The quantitative estimate of drug-likeness (QED) is 0.746. The smallest absolute Gasteiger partial charge is 0.262 e. The third-order valence-corrected chi connectivity index (χ3v) is 5.81. The molecule has 2 heterocycles. The number of fused-ring (bicyclic) bond motifs is 1. The Labute approximate surface area is 182 Å². The van der Waals surface area contributed by atoms with E-state index in [1.165, 1.54) is 18.2 Å². The maximum Gasteiger partial charge on any atom is 0.262 e. The average Bonchev–Trinajstić information content (AvgIpc) is 2.73. The largest absolute Gasteiger partial charge is 0.492 e. The summed E-state index contributed by atoms with van der Waals surface area (Å²) in [7, 11) is 0. The zero-order valence-electron chi connectivity index (χ0n) is 15.9. The van der Waals surface area contributed by atoms with E-state index in [1.54, 1.807) is 17.0 Å². The molecule has 2 aliphatic heterocycles. The minimum absolute atomic E-state index is 0.0741. The second-order valence-electron chi connectivity index (χ2n) is 7.29. The number of ether oxygens (including phenoxy) is 2. The summed E-state index contributed by atoms with van der Waals surface area (Å²) >= 11 is 12.3. The van der Waals surface area contributed by atoms with Crippen LogP contribution in [0.2, 0.25) is 10.0 Å². The van der Waals surface area contributed by atoms with Gasteiger partial charge in [0.15, 0.2) is 6.61 Å². The summed E-state index contributed by atoms with van der Waals surface area (Å²) in [6.45, 7) is 1.48. The maximum atomic E-state index is 13.1. The van der Waals surface area contributed by atoms with Crippen LogP contribution in [0.4, 0.5) is 10.1 Å². The molecule has 2 aliphatic rings. The van der Waals surface area contributed by atoms with E-state index in [-0.39, 0.29) is 34.4 Å². The molecule has 2 amide bonds. The van der Waals surface area contributed by atoms with Gasteiger partial charge in [0.25, 0.3) is 11.8 Å². The van der Waals surface area contributed by atoms with Crippen molar-refractivity contribution >= 4 is 40.7 Å². The lowest BCUT2D eigenvalue weighted by Crippen LogP contribution is -2.40. The zero-order valence-corrected chi connectivity index (χ0v) is 17.4. The third-order valence-electron chi connectivity index (χ3n) is 5.20. The van der Waals surface area contributed by atoms with Gasteiger partial charge in [-0.25, -0.2) is 4.39 Å². The standard InChI is InChI=1S/C21H19Cl2FN2O4/c22-15-9-19-17(25-20(27)11-30-19)8-14(15)21(28)26-5-3-12(4-6-26)10-29-18-2-1-13(24)7-16(18)23/h1-2,7-9,12H,3-6,10-11H2,(H,25,27). The Kier molecular flexibility index (Phi) is 6.01. The molecule has 4 rings (SSSR count). The minimum atomic E-state index is -0.411. The lowest BCUT2D eigenvalue weighted by Gasteiger charge is -2.32. The molecule has 1 N–H and O–H groups in total. The van der Waals surface area contributed by atoms with Crippen LogP contribution in [-0.2, 0) is 4.79 Å². The number of benzene rings is 2. The molecule has 158 valence electrons. The average molecular weight is 453 g/mol. The monoisotopic (exact) mass is 452 g/mol. The highest BCUT2D eigenvalue weighted by molar-refractivity contribution is 6.34. The maximum absolute atomic E-state index is 13.1. The highest BCUT2D eigenvalue weighted by Gasteiger charge is 2.27. The van der Waals surface area contributed by atoms with E-state index < -0.39 is 5.82 Å². The SMILES string of the molecule is O=C1COc2cc(Cl)c(C(=O)N3CCC(COc4ccc(F)cc4Cl)CC3)cc2N1. The Balaban J connectivity index is 1.35. The fourth-order valence-corrected chi connectivity index (χ4v) is 3.99. The number of carbonyl (C=O) groups excluding carboxylic acids is 2. The van der Waals surface area contributed by atoms with Crippen molar-refractivity contribution in [3.8, 4) is 11.5 Å². The van der Waals surface area contributed by atoms with Gasteiger partial charge in [-0.15, -0.1) is 0 Å². The molecule has 6 nitrogen and oxygen atoms in total. The highest BCUT2D eigenvalue weighted by atomic mass is 35.5. The summed E-state index contributed by atoms with van der Waals surface area (Å²) in [5.41, 5.74) is 0.771. The van der Waals surface area contributed by atoms with E-state index in [9.17, 15) is 14.0 Å². The number of likely N-dealkylation sites (tertiary alicyclic amines) is 1. The first-order valence-electron chi connectivity index (χ1n) is 9.54. The molecule has 0 spiro atoms. The molecular formula is C21H19Cl2FN2O4. The molecule has 30 heavy (non-hydrogen) atoms. The van der Waals surface area contributed by atoms with Gasteiger partial charge >= 0.3 is 0 Å². The number of piperidine rings is 1. The molecule has 0 atom stereocenters.